The van der Waals surface area contributed by atoms with Crippen molar-refractivity contribution >= 4 is 11.8 Å². The third-order valence-electron chi connectivity index (χ3n) is 7.10. The van der Waals surface area contributed by atoms with E-state index in [2.05, 4.69) is 22.3 Å². The van der Waals surface area contributed by atoms with Crippen molar-refractivity contribution in [2.45, 2.75) is 57.7 Å². The smallest absolute Gasteiger partial charge is 0.272 e. The Hall–Kier alpha value is -3.61. The molecular formula is C28H32N4O3. The topological polar surface area (TPSA) is 78.5 Å². The Kier molecular flexibility index (Phi) is 6.84. The van der Waals surface area contributed by atoms with E-state index in [1.165, 1.54) is 0 Å². The van der Waals surface area contributed by atoms with Crippen LogP contribution in [0.3, 0.4) is 0 Å². The van der Waals surface area contributed by atoms with Crippen molar-refractivity contribution in [2.24, 2.45) is 0 Å². The summed E-state index contributed by atoms with van der Waals surface area (Å²) < 4.78 is 5.74. The van der Waals surface area contributed by atoms with Crippen molar-refractivity contribution in [2.75, 3.05) is 13.2 Å². The number of likely N-dealkylation sites (tertiary alicyclic amines) is 2. The highest BCUT2D eigenvalue weighted by atomic mass is 16.5. The van der Waals surface area contributed by atoms with Gasteiger partial charge >= 0.3 is 0 Å². The molecule has 2 aromatic carbocycles. The molecule has 7 heteroatoms. The SMILES string of the molecule is CCOc1ccccc1-c1cc(C(=O)N2CC[C@H]3[C@H]2CCCCC(=O)N3Cc2ccccc2)[nH]n1. The van der Waals surface area contributed by atoms with Crippen LogP contribution in [-0.2, 0) is 11.3 Å². The Morgan fingerprint density at radius 2 is 1.86 bits per heavy atom. The first-order valence-corrected chi connectivity index (χ1v) is 12.6. The molecule has 1 N–H and O–H groups in total. The molecule has 7 nitrogen and oxygen atoms in total. The first-order valence-electron chi connectivity index (χ1n) is 12.6. The average molecular weight is 473 g/mol. The van der Waals surface area contributed by atoms with Gasteiger partial charge in [0.25, 0.3) is 5.91 Å². The molecule has 3 aromatic rings. The highest BCUT2D eigenvalue weighted by molar-refractivity contribution is 5.94. The minimum atomic E-state index is -0.0576. The summed E-state index contributed by atoms with van der Waals surface area (Å²) in [4.78, 5) is 30.7. The number of ether oxygens (including phenoxy) is 1. The lowest BCUT2D eigenvalue weighted by Gasteiger charge is -2.37. The molecule has 1 aromatic heterocycles. The Balaban J connectivity index is 1.37. The first kappa shape index (κ1) is 23.1. The molecule has 5 rings (SSSR count). The molecule has 2 fully saturated rings. The monoisotopic (exact) mass is 472 g/mol. The van der Waals surface area contributed by atoms with Crippen LogP contribution in [0.2, 0.25) is 0 Å². The lowest BCUT2D eigenvalue weighted by molar-refractivity contribution is -0.135. The third-order valence-corrected chi connectivity index (χ3v) is 7.10. The molecule has 2 atom stereocenters. The molecule has 0 saturated carbocycles. The summed E-state index contributed by atoms with van der Waals surface area (Å²) in [5.74, 6) is 0.879. The van der Waals surface area contributed by atoms with Gasteiger partial charge in [-0.1, -0.05) is 48.9 Å². The number of para-hydroxylation sites is 1. The molecule has 3 heterocycles. The fraction of sp³-hybridized carbons (Fsp3) is 0.393. The summed E-state index contributed by atoms with van der Waals surface area (Å²) in [7, 11) is 0. The second-order valence-electron chi connectivity index (χ2n) is 9.27. The maximum atomic E-state index is 13.6. The Labute approximate surface area is 206 Å². The van der Waals surface area contributed by atoms with Gasteiger partial charge in [0.2, 0.25) is 5.91 Å². The zero-order chi connectivity index (χ0) is 24.2. The number of carbonyl (C=O) groups is 2. The van der Waals surface area contributed by atoms with E-state index < -0.39 is 0 Å². The number of aromatic amines is 1. The van der Waals surface area contributed by atoms with E-state index in [-0.39, 0.29) is 23.9 Å². The van der Waals surface area contributed by atoms with Crippen molar-refractivity contribution in [3.63, 3.8) is 0 Å². The van der Waals surface area contributed by atoms with Crippen LogP contribution in [-0.4, -0.2) is 57.0 Å². The molecule has 0 aliphatic carbocycles. The van der Waals surface area contributed by atoms with Crippen molar-refractivity contribution < 1.29 is 14.3 Å². The van der Waals surface area contributed by atoms with Crippen LogP contribution < -0.4 is 4.74 Å². The summed E-state index contributed by atoms with van der Waals surface area (Å²) in [5, 5.41) is 7.38. The van der Waals surface area contributed by atoms with Crippen molar-refractivity contribution in [3.05, 3.63) is 71.9 Å². The zero-order valence-electron chi connectivity index (χ0n) is 20.2. The average Bonchev–Trinajstić information content (AvgIpc) is 3.53. The second kappa shape index (κ2) is 10.3. The van der Waals surface area contributed by atoms with Gasteiger partial charge in [0.1, 0.15) is 11.4 Å². The highest BCUT2D eigenvalue weighted by Gasteiger charge is 2.42. The van der Waals surface area contributed by atoms with Crippen LogP contribution in [0.25, 0.3) is 11.3 Å². The molecule has 0 spiro atoms. The van der Waals surface area contributed by atoms with Crippen molar-refractivity contribution in [1.82, 2.24) is 20.0 Å². The number of nitrogens with one attached hydrogen (secondary N) is 1. The highest BCUT2D eigenvalue weighted by Crippen LogP contribution is 2.33. The second-order valence-corrected chi connectivity index (χ2v) is 9.27. The van der Waals surface area contributed by atoms with E-state index in [1.807, 2.05) is 65.3 Å². The van der Waals surface area contributed by atoms with Crippen molar-refractivity contribution in [1.29, 1.82) is 0 Å². The van der Waals surface area contributed by atoms with Crippen LogP contribution in [0.4, 0.5) is 0 Å². The molecule has 2 saturated heterocycles. The summed E-state index contributed by atoms with van der Waals surface area (Å²) >= 11 is 0. The van der Waals surface area contributed by atoms with E-state index in [0.29, 0.717) is 37.5 Å². The molecule has 35 heavy (non-hydrogen) atoms. The summed E-state index contributed by atoms with van der Waals surface area (Å²) in [6.45, 7) is 3.73. The number of benzene rings is 2. The third kappa shape index (κ3) is 4.81. The molecule has 0 unspecified atom stereocenters. The molecular weight excluding hydrogens is 440 g/mol. The van der Waals surface area contributed by atoms with E-state index in [1.54, 1.807) is 0 Å². The maximum Gasteiger partial charge on any atom is 0.272 e. The Morgan fingerprint density at radius 1 is 1.06 bits per heavy atom. The predicted octanol–water partition coefficient (Wildman–Crippen LogP) is 4.66. The van der Waals surface area contributed by atoms with E-state index in [9.17, 15) is 9.59 Å². The number of aromatic nitrogens is 2. The van der Waals surface area contributed by atoms with Gasteiger partial charge in [-0.05, 0) is 49.9 Å². The zero-order valence-corrected chi connectivity index (χ0v) is 20.2. The predicted molar refractivity (Wildman–Crippen MR) is 134 cm³/mol. The minimum absolute atomic E-state index is 0.0120. The first-order chi connectivity index (χ1) is 17.2. The van der Waals surface area contributed by atoms with Gasteiger partial charge in [-0.3, -0.25) is 14.7 Å². The number of rotatable bonds is 6. The van der Waals surface area contributed by atoms with Crippen LogP contribution in [0.1, 0.15) is 55.1 Å². The van der Waals surface area contributed by atoms with Gasteiger partial charge in [-0.25, -0.2) is 0 Å². The van der Waals surface area contributed by atoms with Gasteiger partial charge < -0.3 is 14.5 Å². The van der Waals surface area contributed by atoms with Crippen LogP contribution >= 0.6 is 0 Å². The van der Waals surface area contributed by atoms with Crippen LogP contribution in [0.15, 0.2) is 60.7 Å². The Morgan fingerprint density at radius 3 is 2.69 bits per heavy atom. The summed E-state index contributed by atoms with van der Waals surface area (Å²) in [6.07, 6.45) is 4.09. The van der Waals surface area contributed by atoms with E-state index in [0.717, 1.165) is 42.6 Å². The van der Waals surface area contributed by atoms with Crippen LogP contribution in [0.5, 0.6) is 5.75 Å². The quantitative estimate of drug-likeness (QED) is 0.566. The standard InChI is InChI=1S/C28H32N4O3/c1-2-35-26-14-8-6-12-21(26)22-18-23(30-29-22)28(34)31-17-16-25-24(31)13-7-9-15-27(33)32(25)19-20-10-4-3-5-11-20/h3-6,8,10-12,14,18,24-25H,2,7,9,13,15-17,19H2,1H3,(H,29,30)/t24-,25+/m1/s1. The van der Waals surface area contributed by atoms with E-state index in [4.69, 9.17) is 4.74 Å². The Bertz CT molecular complexity index is 1180. The maximum absolute atomic E-state index is 13.6. The van der Waals surface area contributed by atoms with Gasteiger partial charge in [0.05, 0.1) is 24.4 Å². The normalized spacial score (nSPS) is 20.3. The molecule has 2 aliphatic rings. The molecule has 182 valence electrons. The summed E-state index contributed by atoms with van der Waals surface area (Å²) in [6, 6.07) is 19.7. The number of fused-ring (bicyclic) bond motifs is 1. The fourth-order valence-corrected chi connectivity index (χ4v) is 5.43. The van der Waals surface area contributed by atoms with Crippen molar-refractivity contribution in [3.8, 4) is 17.0 Å². The van der Waals surface area contributed by atoms with Gasteiger partial charge in [0, 0.05) is 25.1 Å². The number of carbonyl (C=O) groups excluding carboxylic acids is 2. The number of hydrogen-bond donors (Lipinski definition) is 1. The lowest BCUT2D eigenvalue weighted by atomic mass is 9.96. The van der Waals surface area contributed by atoms with Gasteiger partial charge in [-0.2, -0.15) is 5.10 Å². The minimum Gasteiger partial charge on any atom is -0.493 e. The fourth-order valence-electron chi connectivity index (χ4n) is 5.43. The number of hydrogen-bond acceptors (Lipinski definition) is 4. The summed E-state index contributed by atoms with van der Waals surface area (Å²) in [5.41, 5.74) is 3.13. The molecule has 0 bridgehead atoms. The van der Waals surface area contributed by atoms with Crippen LogP contribution in [0, 0.1) is 0 Å². The number of nitrogens with zero attached hydrogens (tertiary/aromatic N) is 3. The lowest BCUT2D eigenvalue weighted by Crippen LogP contribution is -2.49. The molecule has 0 radical (unpaired) electrons. The molecule has 2 amide bonds. The van der Waals surface area contributed by atoms with E-state index >= 15 is 0 Å². The molecule has 2 aliphatic heterocycles. The van der Waals surface area contributed by atoms with Gasteiger partial charge in [0.15, 0.2) is 0 Å². The largest absolute Gasteiger partial charge is 0.493 e. The van der Waals surface area contributed by atoms with Gasteiger partial charge in [-0.15, -0.1) is 0 Å². The number of amides is 2. The number of H-pyrrole nitrogens is 1.